The van der Waals surface area contributed by atoms with E-state index in [2.05, 4.69) is 24.1 Å². The van der Waals surface area contributed by atoms with E-state index in [1.807, 2.05) is 42.7 Å². The number of rotatable bonds is 6. The zero-order valence-electron chi connectivity index (χ0n) is 14.8. The normalized spacial score (nSPS) is 11.0. The Morgan fingerprint density at radius 2 is 1.88 bits per heavy atom. The SMILES string of the molecule is COC(=O)c1ccc(/C=C/CN(C)Cc2coc3ccccc23)cc1.Cl. The molecule has 1 heterocycles. The summed E-state index contributed by atoms with van der Waals surface area (Å²) in [5.41, 5.74) is 3.72. The molecule has 1 aromatic heterocycles. The molecule has 0 radical (unpaired) electrons. The molecular weight excluding hydrogens is 350 g/mol. The quantitative estimate of drug-likeness (QED) is 0.584. The van der Waals surface area contributed by atoms with Gasteiger partial charge in [0.15, 0.2) is 0 Å². The van der Waals surface area contributed by atoms with Gasteiger partial charge in [-0.05, 0) is 30.8 Å². The van der Waals surface area contributed by atoms with Crippen LogP contribution in [0.3, 0.4) is 0 Å². The summed E-state index contributed by atoms with van der Waals surface area (Å²) in [7, 11) is 3.46. The second-order valence-corrected chi connectivity index (χ2v) is 5.97. The van der Waals surface area contributed by atoms with Gasteiger partial charge < -0.3 is 9.15 Å². The van der Waals surface area contributed by atoms with Crippen molar-refractivity contribution < 1.29 is 13.9 Å². The van der Waals surface area contributed by atoms with Crippen molar-refractivity contribution in [3.8, 4) is 0 Å². The van der Waals surface area contributed by atoms with E-state index in [-0.39, 0.29) is 18.4 Å². The third-order valence-corrected chi connectivity index (χ3v) is 4.06. The first-order chi connectivity index (χ1) is 12.2. The molecule has 0 aliphatic carbocycles. The molecule has 2 aromatic carbocycles. The Labute approximate surface area is 159 Å². The van der Waals surface area contributed by atoms with Crippen LogP contribution < -0.4 is 0 Å². The van der Waals surface area contributed by atoms with E-state index >= 15 is 0 Å². The van der Waals surface area contributed by atoms with Gasteiger partial charge in [0, 0.05) is 24.0 Å². The number of para-hydroxylation sites is 1. The summed E-state index contributed by atoms with van der Waals surface area (Å²) in [5, 5.41) is 1.16. The number of benzene rings is 2. The summed E-state index contributed by atoms with van der Waals surface area (Å²) in [5.74, 6) is -0.317. The molecular formula is C21H22ClNO3. The number of fused-ring (bicyclic) bond motifs is 1. The highest BCUT2D eigenvalue weighted by Gasteiger charge is 2.07. The number of hydrogen-bond donors (Lipinski definition) is 0. The lowest BCUT2D eigenvalue weighted by molar-refractivity contribution is 0.0600. The maximum atomic E-state index is 11.4. The largest absolute Gasteiger partial charge is 0.465 e. The van der Waals surface area contributed by atoms with Crippen LogP contribution in [0.2, 0.25) is 0 Å². The summed E-state index contributed by atoms with van der Waals surface area (Å²) >= 11 is 0. The average Bonchev–Trinajstić information content (AvgIpc) is 3.04. The monoisotopic (exact) mass is 371 g/mol. The Balaban J connectivity index is 0.00000243. The average molecular weight is 372 g/mol. The number of esters is 1. The van der Waals surface area contributed by atoms with E-state index in [0.29, 0.717) is 5.56 Å². The van der Waals surface area contributed by atoms with Crippen LogP contribution in [0.4, 0.5) is 0 Å². The number of halogens is 1. The molecule has 0 saturated carbocycles. The van der Waals surface area contributed by atoms with Crippen molar-refractivity contribution in [3.05, 3.63) is 77.6 Å². The number of carbonyl (C=O) groups excluding carboxylic acids is 1. The van der Waals surface area contributed by atoms with Crippen LogP contribution in [-0.2, 0) is 11.3 Å². The number of nitrogens with zero attached hydrogens (tertiary/aromatic N) is 1. The van der Waals surface area contributed by atoms with Crippen LogP contribution in [0, 0.1) is 0 Å². The van der Waals surface area contributed by atoms with Gasteiger partial charge in [-0.2, -0.15) is 0 Å². The van der Waals surface area contributed by atoms with E-state index in [0.717, 1.165) is 29.6 Å². The van der Waals surface area contributed by atoms with Gasteiger partial charge in [-0.15, -0.1) is 12.4 Å². The summed E-state index contributed by atoms with van der Waals surface area (Å²) in [6, 6.07) is 15.4. The van der Waals surface area contributed by atoms with Crippen molar-refractivity contribution in [3.63, 3.8) is 0 Å². The molecule has 136 valence electrons. The second-order valence-electron chi connectivity index (χ2n) is 5.97. The molecule has 3 rings (SSSR count). The first kappa shape index (κ1) is 19.8. The van der Waals surface area contributed by atoms with Gasteiger partial charge in [-0.3, -0.25) is 4.90 Å². The molecule has 0 fully saturated rings. The summed E-state index contributed by atoms with van der Waals surface area (Å²) < 4.78 is 10.3. The molecule has 3 aromatic rings. The number of likely N-dealkylation sites (N-methyl/N-ethyl adjacent to an activating group) is 1. The molecule has 0 atom stereocenters. The number of hydrogen-bond acceptors (Lipinski definition) is 4. The van der Waals surface area contributed by atoms with Crippen molar-refractivity contribution in [1.29, 1.82) is 0 Å². The smallest absolute Gasteiger partial charge is 0.337 e. The highest BCUT2D eigenvalue weighted by Crippen LogP contribution is 2.21. The lowest BCUT2D eigenvalue weighted by Gasteiger charge is -2.13. The molecule has 26 heavy (non-hydrogen) atoms. The van der Waals surface area contributed by atoms with Crippen molar-refractivity contribution in [2.24, 2.45) is 0 Å². The van der Waals surface area contributed by atoms with Gasteiger partial charge >= 0.3 is 5.97 Å². The summed E-state index contributed by atoms with van der Waals surface area (Å²) in [6.45, 7) is 1.64. The maximum Gasteiger partial charge on any atom is 0.337 e. The Kier molecular flexibility index (Phi) is 7.01. The van der Waals surface area contributed by atoms with Crippen LogP contribution >= 0.6 is 12.4 Å². The highest BCUT2D eigenvalue weighted by molar-refractivity contribution is 5.89. The first-order valence-electron chi connectivity index (χ1n) is 8.16. The number of ether oxygens (including phenoxy) is 1. The van der Waals surface area contributed by atoms with E-state index in [1.165, 1.54) is 12.7 Å². The molecule has 0 aliphatic rings. The zero-order valence-corrected chi connectivity index (χ0v) is 15.7. The van der Waals surface area contributed by atoms with Crippen LogP contribution in [-0.4, -0.2) is 31.6 Å². The van der Waals surface area contributed by atoms with Crippen molar-refractivity contribution in [1.82, 2.24) is 4.90 Å². The minimum atomic E-state index is -0.317. The molecule has 0 spiro atoms. The molecule has 0 unspecified atom stereocenters. The molecule has 0 amide bonds. The summed E-state index contributed by atoms with van der Waals surface area (Å²) in [6.07, 6.45) is 5.98. The molecule has 0 N–H and O–H groups in total. The van der Waals surface area contributed by atoms with Gasteiger partial charge in [0.25, 0.3) is 0 Å². The van der Waals surface area contributed by atoms with Gasteiger partial charge in [-0.1, -0.05) is 42.5 Å². The van der Waals surface area contributed by atoms with E-state index in [1.54, 1.807) is 12.1 Å². The standard InChI is InChI=1S/C21H21NO3.ClH/c1-22(14-18-15-25-20-8-4-3-7-19(18)20)13-5-6-16-9-11-17(12-10-16)21(23)24-2;/h3-12,15H,13-14H2,1-2H3;1H/b6-5+;. The number of furan rings is 1. The first-order valence-corrected chi connectivity index (χ1v) is 8.16. The molecule has 0 bridgehead atoms. The fourth-order valence-corrected chi connectivity index (χ4v) is 2.73. The fraction of sp³-hybridized carbons (Fsp3) is 0.190. The predicted octanol–water partition coefficient (Wildman–Crippen LogP) is 4.79. The van der Waals surface area contributed by atoms with Gasteiger partial charge in [-0.25, -0.2) is 4.79 Å². The Bertz CT molecular complexity index is 884. The Morgan fingerprint density at radius 1 is 1.15 bits per heavy atom. The Morgan fingerprint density at radius 3 is 2.62 bits per heavy atom. The molecule has 0 saturated heterocycles. The molecule has 4 nitrogen and oxygen atoms in total. The maximum absolute atomic E-state index is 11.4. The third-order valence-electron chi connectivity index (χ3n) is 4.06. The lowest BCUT2D eigenvalue weighted by atomic mass is 10.1. The van der Waals surface area contributed by atoms with Crippen LogP contribution in [0.1, 0.15) is 21.5 Å². The van der Waals surface area contributed by atoms with Crippen molar-refractivity contribution in [2.75, 3.05) is 20.7 Å². The zero-order chi connectivity index (χ0) is 17.6. The lowest BCUT2D eigenvalue weighted by Crippen LogP contribution is -2.17. The summed E-state index contributed by atoms with van der Waals surface area (Å²) in [4.78, 5) is 13.6. The Hall–Kier alpha value is -2.56. The van der Waals surface area contributed by atoms with Crippen LogP contribution in [0.15, 0.2) is 65.3 Å². The van der Waals surface area contributed by atoms with E-state index < -0.39 is 0 Å². The van der Waals surface area contributed by atoms with Gasteiger partial charge in [0.05, 0.1) is 18.9 Å². The van der Waals surface area contributed by atoms with Gasteiger partial charge in [0.2, 0.25) is 0 Å². The van der Waals surface area contributed by atoms with E-state index in [9.17, 15) is 4.79 Å². The second kappa shape index (κ2) is 9.22. The predicted molar refractivity (Wildman–Crippen MR) is 107 cm³/mol. The van der Waals surface area contributed by atoms with Gasteiger partial charge in [0.1, 0.15) is 5.58 Å². The molecule has 0 aliphatic heterocycles. The van der Waals surface area contributed by atoms with Crippen molar-refractivity contribution >= 4 is 35.4 Å². The fourth-order valence-electron chi connectivity index (χ4n) is 2.73. The van der Waals surface area contributed by atoms with Crippen molar-refractivity contribution in [2.45, 2.75) is 6.54 Å². The van der Waals surface area contributed by atoms with E-state index in [4.69, 9.17) is 9.15 Å². The number of methoxy groups -OCH3 is 1. The topological polar surface area (TPSA) is 42.7 Å². The molecule has 5 heteroatoms. The minimum absolute atomic E-state index is 0. The minimum Gasteiger partial charge on any atom is -0.465 e. The number of carbonyl (C=O) groups is 1. The van der Waals surface area contributed by atoms with Crippen LogP contribution in [0.25, 0.3) is 17.0 Å². The highest BCUT2D eigenvalue weighted by atomic mass is 35.5. The third kappa shape index (κ3) is 4.75. The van der Waals surface area contributed by atoms with Crippen LogP contribution in [0.5, 0.6) is 0 Å².